The van der Waals surface area contributed by atoms with Crippen LogP contribution in [0, 0.1) is 0 Å². The zero-order valence-electron chi connectivity index (χ0n) is 6.86. The van der Waals surface area contributed by atoms with Gasteiger partial charge in [0.25, 0.3) is 0 Å². The van der Waals surface area contributed by atoms with E-state index in [0.29, 0.717) is 4.60 Å². The molecule has 0 fully saturated rings. The van der Waals surface area contributed by atoms with Crippen molar-refractivity contribution in [1.29, 1.82) is 0 Å². The lowest BCUT2D eigenvalue weighted by Crippen LogP contribution is -2.15. The molecule has 0 amide bonds. The lowest BCUT2D eigenvalue weighted by atomic mass is 10.7. The van der Waals surface area contributed by atoms with Gasteiger partial charge in [0.2, 0.25) is 10.0 Å². The highest BCUT2D eigenvalue weighted by molar-refractivity contribution is 9.10. The maximum absolute atomic E-state index is 11.1. The van der Waals surface area contributed by atoms with Crippen molar-refractivity contribution in [3.05, 3.63) is 17.0 Å². The molecule has 1 rings (SSSR count). The summed E-state index contributed by atoms with van der Waals surface area (Å²) in [6.07, 6.45) is 2.77. The number of nitrogens with zero attached hydrogens (tertiary/aromatic N) is 2. The highest BCUT2D eigenvalue weighted by atomic mass is 79.9. The molecule has 0 bridgehead atoms. The van der Waals surface area contributed by atoms with Gasteiger partial charge in [0, 0.05) is 0 Å². The number of anilines is 1. The van der Waals surface area contributed by atoms with Gasteiger partial charge in [-0.05, 0) is 22.9 Å². The summed E-state index contributed by atoms with van der Waals surface area (Å²) in [5.41, 5.74) is 0. The van der Waals surface area contributed by atoms with E-state index in [4.69, 9.17) is 0 Å². The van der Waals surface area contributed by atoms with Crippen molar-refractivity contribution >= 4 is 31.8 Å². The van der Waals surface area contributed by atoms with Crippen LogP contribution in [-0.4, -0.2) is 24.1 Å². The molecule has 5 nitrogen and oxygen atoms in total. The number of hydrogen-bond acceptors (Lipinski definition) is 4. The van der Waals surface area contributed by atoms with E-state index in [2.05, 4.69) is 30.6 Å². The normalized spacial score (nSPS) is 11.2. The van der Waals surface area contributed by atoms with E-state index >= 15 is 0 Å². The summed E-state index contributed by atoms with van der Waals surface area (Å²) in [6, 6.07) is 0. The second-order valence-electron chi connectivity index (χ2n) is 2.23. The molecule has 13 heavy (non-hydrogen) atoms. The quantitative estimate of drug-likeness (QED) is 0.885. The first-order valence-electron chi connectivity index (χ1n) is 3.51. The average molecular weight is 266 g/mol. The third-order valence-corrected chi connectivity index (χ3v) is 2.95. The molecule has 0 aromatic carbocycles. The van der Waals surface area contributed by atoms with Crippen molar-refractivity contribution in [2.45, 2.75) is 6.92 Å². The molecule has 1 heterocycles. The third-order valence-electron chi connectivity index (χ3n) is 1.26. The molecule has 0 saturated heterocycles. The second kappa shape index (κ2) is 4.01. The molecule has 0 atom stereocenters. The molecule has 0 spiro atoms. The van der Waals surface area contributed by atoms with E-state index in [9.17, 15) is 8.42 Å². The minimum atomic E-state index is -3.25. The van der Waals surface area contributed by atoms with E-state index in [1.54, 1.807) is 6.92 Å². The van der Waals surface area contributed by atoms with E-state index in [1.165, 1.54) is 12.4 Å². The number of hydrogen-bond donors (Lipinski definition) is 1. The fourth-order valence-electron chi connectivity index (χ4n) is 0.596. The van der Waals surface area contributed by atoms with E-state index < -0.39 is 10.0 Å². The van der Waals surface area contributed by atoms with Gasteiger partial charge in [-0.3, -0.25) is 4.72 Å². The minimum absolute atomic E-state index is 0.0186. The molecular weight excluding hydrogens is 258 g/mol. The van der Waals surface area contributed by atoms with E-state index in [1.807, 2.05) is 0 Å². The zero-order chi connectivity index (χ0) is 9.90. The maximum atomic E-state index is 11.1. The van der Waals surface area contributed by atoms with Crippen molar-refractivity contribution in [2.75, 3.05) is 10.5 Å². The largest absolute Gasteiger partial charge is 0.266 e. The lowest BCUT2D eigenvalue weighted by Gasteiger charge is -2.03. The van der Waals surface area contributed by atoms with Crippen molar-refractivity contribution in [1.82, 2.24) is 9.97 Å². The maximum Gasteiger partial charge on any atom is 0.233 e. The van der Waals surface area contributed by atoms with Gasteiger partial charge < -0.3 is 0 Å². The molecule has 0 saturated carbocycles. The number of sulfonamides is 1. The van der Waals surface area contributed by atoms with E-state index in [0.717, 1.165) is 0 Å². The summed E-state index contributed by atoms with van der Waals surface area (Å²) in [6.45, 7) is 1.55. The van der Waals surface area contributed by atoms with Crippen LogP contribution in [-0.2, 0) is 10.0 Å². The van der Waals surface area contributed by atoms with Gasteiger partial charge in [-0.1, -0.05) is 0 Å². The molecule has 0 radical (unpaired) electrons. The zero-order valence-corrected chi connectivity index (χ0v) is 9.26. The Hall–Kier alpha value is -0.690. The Bertz CT molecular complexity index is 375. The Kier molecular flexibility index (Phi) is 3.21. The van der Waals surface area contributed by atoms with Crippen LogP contribution in [0.5, 0.6) is 0 Å². The number of rotatable bonds is 3. The topological polar surface area (TPSA) is 72.0 Å². The van der Waals surface area contributed by atoms with Gasteiger partial charge in [-0.2, -0.15) is 0 Å². The molecular formula is C6H8BrN3O2S. The number of nitrogens with one attached hydrogen (secondary N) is 1. The Morgan fingerprint density at radius 1 is 1.46 bits per heavy atom. The van der Waals surface area contributed by atoms with Crippen LogP contribution >= 0.6 is 15.9 Å². The summed E-state index contributed by atoms with van der Waals surface area (Å²) in [4.78, 5) is 7.64. The Morgan fingerprint density at radius 2 is 2.15 bits per heavy atom. The van der Waals surface area contributed by atoms with Gasteiger partial charge in [-0.15, -0.1) is 0 Å². The van der Waals surface area contributed by atoms with Crippen LogP contribution in [0.4, 0.5) is 5.82 Å². The molecule has 0 aliphatic heterocycles. The van der Waals surface area contributed by atoms with Crippen LogP contribution in [0.15, 0.2) is 17.0 Å². The molecule has 1 N–H and O–H groups in total. The molecule has 1 aromatic rings. The van der Waals surface area contributed by atoms with E-state index in [-0.39, 0.29) is 11.6 Å². The number of halogens is 1. The van der Waals surface area contributed by atoms with Gasteiger partial charge in [0.1, 0.15) is 4.60 Å². The molecule has 1 aromatic heterocycles. The van der Waals surface area contributed by atoms with Crippen LogP contribution in [0.2, 0.25) is 0 Å². The SMILES string of the molecule is CCS(=O)(=O)Nc1cnc(Br)cn1. The smallest absolute Gasteiger partial charge is 0.233 e. The number of aromatic nitrogens is 2. The van der Waals surface area contributed by atoms with Crippen molar-refractivity contribution in [3.8, 4) is 0 Å². The first-order valence-corrected chi connectivity index (χ1v) is 5.96. The van der Waals surface area contributed by atoms with Crippen LogP contribution < -0.4 is 4.72 Å². The van der Waals surface area contributed by atoms with Crippen LogP contribution in [0.3, 0.4) is 0 Å². The third kappa shape index (κ3) is 3.27. The summed E-state index contributed by atoms with van der Waals surface area (Å²) >= 11 is 3.09. The average Bonchev–Trinajstić information content (AvgIpc) is 2.09. The predicted molar refractivity (Wildman–Crippen MR) is 52.8 cm³/mol. The van der Waals surface area contributed by atoms with Crippen molar-refractivity contribution in [2.24, 2.45) is 0 Å². The van der Waals surface area contributed by atoms with Crippen LogP contribution in [0.1, 0.15) is 6.92 Å². The lowest BCUT2D eigenvalue weighted by molar-refractivity contribution is 0.602. The highest BCUT2D eigenvalue weighted by Crippen LogP contribution is 2.07. The van der Waals surface area contributed by atoms with Crippen molar-refractivity contribution in [3.63, 3.8) is 0 Å². The predicted octanol–water partition coefficient (Wildman–Crippen LogP) is 1.00. The van der Waals surface area contributed by atoms with Crippen molar-refractivity contribution < 1.29 is 8.42 Å². The first kappa shape index (κ1) is 10.4. The second-order valence-corrected chi connectivity index (χ2v) is 5.05. The molecule has 72 valence electrons. The van der Waals surface area contributed by atoms with Gasteiger partial charge in [-0.25, -0.2) is 18.4 Å². The van der Waals surface area contributed by atoms with Crippen LogP contribution in [0.25, 0.3) is 0 Å². The Balaban J connectivity index is 2.82. The summed E-state index contributed by atoms with van der Waals surface area (Å²) in [5.74, 6) is 0.245. The molecule has 7 heteroatoms. The Labute approximate surface area is 84.8 Å². The van der Waals surface area contributed by atoms with Gasteiger partial charge in [0.05, 0.1) is 18.1 Å². The standard InChI is InChI=1S/C6H8BrN3O2S/c1-2-13(11,12)10-6-4-8-5(7)3-9-6/h3-4H,2H2,1H3,(H,9,10). The fraction of sp³-hybridized carbons (Fsp3) is 0.333. The van der Waals surface area contributed by atoms with Gasteiger partial charge >= 0.3 is 0 Å². The first-order chi connectivity index (χ1) is 6.03. The van der Waals surface area contributed by atoms with Gasteiger partial charge in [0.15, 0.2) is 5.82 Å². The minimum Gasteiger partial charge on any atom is -0.266 e. The Morgan fingerprint density at radius 3 is 2.62 bits per heavy atom. The summed E-state index contributed by atoms with van der Waals surface area (Å²) in [7, 11) is -3.25. The fourth-order valence-corrected chi connectivity index (χ4v) is 1.37. The summed E-state index contributed by atoms with van der Waals surface area (Å²) < 4.78 is 25.0. The molecule has 0 aliphatic rings. The summed E-state index contributed by atoms with van der Waals surface area (Å²) in [5, 5.41) is 0. The monoisotopic (exact) mass is 265 g/mol. The highest BCUT2D eigenvalue weighted by Gasteiger charge is 2.06. The molecule has 0 aliphatic carbocycles. The molecule has 0 unspecified atom stereocenters.